The van der Waals surface area contributed by atoms with Crippen LogP contribution in [0, 0.1) is 0 Å². The van der Waals surface area contributed by atoms with Gasteiger partial charge < -0.3 is 5.11 Å². The summed E-state index contributed by atoms with van der Waals surface area (Å²) in [5.74, 6) is -1.30. The fraction of sp³-hybridized carbons (Fsp3) is 0.176. The number of anilines is 1. The molecule has 2 aromatic carbocycles. The van der Waals surface area contributed by atoms with Crippen molar-refractivity contribution in [3.05, 3.63) is 64.7 Å². The second-order valence-corrected chi connectivity index (χ2v) is 5.87. The van der Waals surface area contributed by atoms with Crippen LogP contribution < -0.4 is 4.90 Å². The summed E-state index contributed by atoms with van der Waals surface area (Å²) in [6, 6.07) is 14.4. The molecule has 0 fully saturated rings. The van der Waals surface area contributed by atoms with Crippen molar-refractivity contribution in [3.63, 3.8) is 0 Å². The zero-order valence-electron chi connectivity index (χ0n) is 11.9. The second kappa shape index (κ2) is 5.14. The van der Waals surface area contributed by atoms with E-state index in [2.05, 4.69) is 0 Å². The molecule has 0 aromatic heterocycles. The van der Waals surface area contributed by atoms with Crippen molar-refractivity contribution in [1.29, 1.82) is 0 Å². The summed E-state index contributed by atoms with van der Waals surface area (Å²) in [6.07, 6.45) is 0. The van der Waals surface area contributed by atoms with E-state index in [-0.39, 0.29) is 12.5 Å². The van der Waals surface area contributed by atoms with E-state index in [1.807, 2.05) is 37.3 Å². The maximum absolute atomic E-state index is 13.0. The summed E-state index contributed by atoms with van der Waals surface area (Å²) in [4.78, 5) is 25.4. The number of rotatable bonds is 3. The van der Waals surface area contributed by atoms with Gasteiger partial charge in [0.1, 0.15) is 6.54 Å². The fourth-order valence-corrected chi connectivity index (χ4v) is 3.15. The minimum Gasteiger partial charge on any atom is -0.480 e. The number of halogens is 1. The molecule has 1 unspecified atom stereocenters. The maximum Gasteiger partial charge on any atom is 0.323 e. The molecule has 22 heavy (non-hydrogen) atoms. The van der Waals surface area contributed by atoms with Crippen LogP contribution in [0.3, 0.4) is 0 Å². The van der Waals surface area contributed by atoms with E-state index >= 15 is 0 Å². The van der Waals surface area contributed by atoms with Crippen LogP contribution in [0.1, 0.15) is 18.1 Å². The largest absolute Gasteiger partial charge is 0.480 e. The van der Waals surface area contributed by atoms with Crippen molar-refractivity contribution in [2.75, 3.05) is 11.4 Å². The lowest BCUT2D eigenvalue weighted by Crippen LogP contribution is -2.41. The number of carbonyl (C=O) groups is 2. The number of fused-ring (bicyclic) bond motifs is 1. The Kier molecular flexibility index (Phi) is 3.41. The van der Waals surface area contributed by atoms with Crippen LogP contribution in [-0.2, 0) is 15.0 Å². The van der Waals surface area contributed by atoms with Gasteiger partial charge in [0.05, 0.1) is 5.41 Å². The zero-order chi connectivity index (χ0) is 15.9. The van der Waals surface area contributed by atoms with Gasteiger partial charge in [-0.3, -0.25) is 14.5 Å². The molecule has 0 bridgehead atoms. The van der Waals surface area contributed by atoms with Crippen LogP contribution in [-0.4, -0.2) is 23.5 Å². The molecule has 1 aliphatic heterocycles. The maximum atomic E-state index is 13.0. The van der Waals surface area contributed by atoms with Gasteiger partial charge in [-0.1, -0.05) is 41.9 Å². The van der Waals surface area contributed by atoms with E-state index in [0.29, 0.717) is 10.7 Å². The summed E-state index contributed by atoms with van der Waals surface area (Å²) < 4.78 is 0. The highest BCUT2D eigenvalue weighted by Gasteiger charge is 2.49. The molecule has 1 amide bonds. The number of aliphatic carboxylic acids is 1. The second-order valence-electron chi connectivity index (χ2n) is 5.44. The normalized spacial score (nSPS) is 20.1. The summed E-state index contributed by atoms with van der Waals surface area (Å²) in [7, 11) is 0. The number of carboxylic acids is 1. The van der Waals surface area contributed by atoms with Crippen LogP contribution in [0.25, 0.3) is 0 Å². The standard InChI is InChI=1S/C17H14ClNO3/c1-17(11-5-3-2-4-6-11)13-9-12(18)7-8-14(13)19(16(17)22)10-15(20)21/h2-9H,10H2,1H3,(H,20,21). The van der Waals surface area contributed by atoms with Crippen LogP contribution >= 0.6 is 11.6 Å². The van der Waals surface area contributed by atoms with Crippen LogP contribution in [0.15, 0.2) is 48.5 Å². The average Bonchev–Trinajstić information content (AvgIpc) is 2.71. The van der Waals surface area contributed by atoms with Crippen molar-refractivity contribution >= 4 is 29.2 Å². The number of carbonyl (C=O) groups excluding carboxylic acids is 1. The van der Waals surface area contributed by atoms with Crippen LogP contribution in [0.4, 0.5) is 5.69 Å². The first-order valence-corrected chi connectivity index (χ1v) is 7.21. The third kappa shape index (κ3) is 2.07. The van der Waals surface area contributed by atoms with E-state index in [9.17, 15) is 9.59 Å². The molecule has 4 nitrogen and oxygen atoms in total. The predicted molar refractivity (Wildman–Crippen MR) is 84.3 cm³/mol. The first-order chi connectivity index (χ1) is 10.4. The molecule has 0 spiro atoms. The van der Waals surface area contributed by atoms with Crippen LogP contribution in [0.2, 0.25) is 5.02 Å². The molecule has 0 aliphatic carbocycles. The topological polar surface area (TPSA) is 57.6 Å². The molecular weight excluding hydrogens is 302 g/mol. The Morgan fingerprint density at radius 3 is 2.55 bits per heavy atom. The van der Waals surface area contributed by atoms with Crippen LogP contribution in [0.5, 0.6) is 0 Å². The molecule has 2 aromatic rings. The van der Waals surface area contributed by atoms with Crippen molar-refractivity contribution < 1.29 is 14.7 Å². The van der Waals surface area contributed by atoms with E-state index < -0.39 is 11.4 Å². The quantitative estimate of drug-likeness (QED) is 0.947. The fourth-order valence-electron chi connectivity index (χ4n) is 2.98. The van der Waals surface area contributed by atoms with Gasteiger partial charge in [-0.25, -0.2) is 0 Å². The predicted octanol–water partition coefficient (Wildman–Crippen LogP) is 3.08. The number of hydrogen-bond acceptors (Lipinski definition) is 2. The van der Waals surface area contributed by atoms with Crippen molar-refractivity contribution in [1.82, 2.24) is 0 Å². The van der Waals surface area contributed by atoms with Crippen molar-refractivity contribution in [2.24, 2.45) is 0 Å². The summed E-state index contributed by atoms with van der Waals surface area (Å²) in [5.41, 5.74) is 1.22. The first-order valence-electron chi connectivity index (χ1n) is 6.84. The highest BCUT2D eigenvalue weighted by atomic mass is 35.5. The highest BCUT2D eigenvalue weighted by molar-refractivity contribution is 6.31. The summed E-state index contributed by atoms with van der Waals surface area (Å²) >= 11 is 6.09. The summed E-state index contributed by atoms with van der Waals surface area (Å²) in [5, 5.41) is 9.61. The molecule has 5 heteroatoms. The Morgan fingerprint density at radius 2 is 1.91 bits per heavy atom. The average molecular weight is 316 g/mol. The Morgan fingerprint density at radius 1 is 1.23 bits per heavy atom. The molecule has 3 rings (SSSR count). The van der Waals surface area contributed by atoms with E-state index in [1.54, 1.807) is 18.2 Å². The lowest BCUT2D eigenvalue weighted by Gasteiger charge is -2.24. The Hall–Kier alpha value is -2.33. The molecule has 1 heterocycles. The third-order valence-electron chi connectivity index (χ3n) is 4.11. The highest BCUT2D eigenvalue weighted by Crippen LogP contribution is 2.46. The van der Waals surface area contributed by atoms with E-state index in [4.69, 9.17) is 16.7 Å². The van der Waals surface area contributed by atoms with Gasteiger partial charge in [0.2, 0.25) is 5.91 Å². The number of amides is 1. The van der Waals surface area contributed by atoms with Gasteiger partial charge in [0, 0.05) is 10.7 Å². The number of nitrogens with zero attached hydrogens (tertiary/aromatic N) is 1. The lowest BCUT2D eigenvalue weighted by molar-refractivity contribution is -0.136. The van der Waals surface area contributed by atoms with Gasteiger partial charge in [0.25, 0.3) is 0 Å². The van der Waals surface area contributed by atoms with E-state index in [0.717, 1.165) is 11.1 Å². The monoisotopic (exact) mass is 315 g/mol. The smallest absolute Gasteiger partial charge is 0.323 e. The zero-order valence-corrected chi connectivity index (χ0v) is 12.7. The molecule has 1 N–H and O–H groups in total. The van der Waals surface area contributed by atoms with Gasteiger partial charge in [-0.15, -0.1) is 0 Å². The molecule has 0 saturated heterocycles. The van der Waals surface area contributed by atoms with Crippen molar-refractivity contribution in [3.8, 4) is 0 Å². The lowest BCUT2D eigenvalue weighted by atomic mass is 9.77. The molecule has 112 valence electrons. The number of carboxylic acid groups (broad SMARTS) is 1. The molecule has 0 saturated carbocycles. The van der Waals surface area contributed by atoms with E-state index in [1.165, 1.54) is 4.90 Å². The van der Waals surface area contributed by atoms with Gasteiger partial charge in [-0.05, 0) is 36.2 Å². The molecule has 1 atom stereocenters. The molecular formula is C17H14ClNO3. The summed E-state index contributed by atoms with van der Waals surface area (Å²) in [6.45, 7) is 1.44. The minimum atomic E-state index is -1.05. The molecule has 0 radical (unpaired) electrons. The molecule has 1 aliphatic rings. The first kappa shape index (κ1) is 14.6. The van der Waals surface area contributed by atoms with Crippen molar-refractivity contribution in [2.45, 2.75) is 12.3 Å². The Balaban J connectivity index is 2.22. The minimum absolute atomic E-state index is 0.252. The SMILES string of the molecule is CC1(c2ccccc2)C(=O)N(CC(=O)O)c2ccc(Cl)cc21. The van der Waals surface area contributed by atoms with Gasteiger partial charge in [0.15, 0.2) is 0 Å². The number of benzene rings is 2. The van der Waals surface area contributed by atoms with Gasteiger partial charge >= 0.3 is 5.97 Å². The number of hydrogen-bond donors (Lipinski definition) is 1. The Bertz CT molecular complexity index is 760. The van der Waals surface area contributed by atoms with Gasteiger partial charge in [-0.2, -0.15) is 0 Å². The third-order valence-corrected chi connectivity index (χ3v) is 4.34. The Labute approximate surface area is 132 Å².